The predicted octanol–water partition coefficient (Wildman–Crippen LogP) is 3.29. The van der Waals surface area contributed by atoms with Gasteiger partial charge in [0.05, 0.1) is 6.61 Å². The summed E-state index contributed by atoms with van der Waals surface area (Å²) in [4.78, 5) is 11.4. The first-order valence-corrected chi connectivity index (χ1v) is 5.57. The summed E-state index contributed by atoms with van der Waals surface area (Å²) in [6, 6.07) is 0. The number of hydrogen-bond donors (Lipinski definition) is 0. The van der Waals surface area contributed by atoms with E-state index in [2.05, 4.69) is 6.58 Å². The maximum absolute atomic E-state index is 11.4. The van der Waals surface area contributed by atoms with Gasteiger partial charge in [0.25, 0.3) is 0 Å². The van der Waals surface area contributed by atoms with Gasteiger partial charge in [-0.05, 0) is 37.7 Å². The second-order valence-corrected chi connectivity index (χ2v) is 4.53. The van der Waals surface area contributed by atoms with Crippen molar-refractivity contribution in [3.05, 3.63) is 12.7 Å². The third-order valence-electron chi connectivity index (χ3n) is 2.64. The molecule has 86 valence electrons. The van der Waals surface area contributed by atoms with Gasteiger partial charge in [0, 0.05) is 0 Å². The second-order valence-electron chi connectivity index (χ2n) is 4.53. The molecule has 0 bridgehead atoms. The molecule has 0 unspecified atom stereocenters. The average molecular weight is 212 g/mol. The van der Waals surface area contributed by atoms with Crippen molar-refractivity contribution < 1.29 is 14.3 Å². The van der Waals surface area contributed by atoms with Gasteiger partial charge in [0.1, 0.15) is 5.60 Å². The highest BCUT2D eigenvalue weighted by molar-refractivity contribution is 5.61. The van der Waals surface area contributed by atoms with E-state index in [0.717, 1.165) is 25.7 Å². The van der Waals surface area contributed by atoms with Gasteiger partial charge in [-0.2, -0.15) is 0 Å². The second kappa shape index (κ2) is 5.19. The van der Waals surface area contributed by atoms with Gasteiger partial charge in [0.15, 0.2) is 0 Å². The largest absolute Gasteiger partial charge is 0.509 e. The minimum Gasteiger partial charge on any atom is -0.434 e. The minimum atomic E-state index is -0.564. The first-order valence-electron chi connectivity index (χ1n) is 5.57. The molecule has 0 aromatic rings. The monoisotopic (exact) mass is 212 g/mol. The molecule has 1 aliphatic rings. The molecule has 0 N–H and O–H groups in total. The molecule has 0 amide bonds. The lowest BCUT2D eigenvalue weighted by Crippen LogP contribution is -2.30. The Kier molecular flexibility index (Phi) is 4.18. The maximum atomic E-state index is 11.4. The smallest absolute Gasteiger partial charge is 0.434 e. The third-order valence-corrected chi connectivity index (χ3v) is 2.64. The van der Waals surface area contributed by atoms with Crippen LogP contribution in [0.25, 0.3) is 0 Å². The molecule has 0 heterocycles. The third kappa shape index (κ3) is 3.57. The fraction of sp³-hybridized carbons (Fsp3) is 0.750. The van der Waals surface area contributed by atoms with Crippen LogP contribution in [0.4, 0.5) is 4.79 Å². The number of rotatable bonds is 4. The molecule has 1 saturated carbocycles. The SMILES string of the molecule is C=CC1(OC(=O)OCC(C)C)CCCC1. The van der Waals surface area contributed by atoms with E-state index in [1.54, 1.807) is 6.08 Å². The Morgan fingerprint density at radius 3 is 2.53 bits per heavy atom. The van der Waals surface area contributed by atoms with Crippen LogP contribution in [-0.4, -0.2) is 18.4 Å². The summed E-state index contributed by atoms with van der Waals surface area (Å²) in [6.45, 7) is 8.12. The molecule has 0 radical (unpaired) electrons. The van der Waals surface area contributed by atoms with E-state index in [4.69, 9.17) is 9.47 Å². The van der Waals surface area contributed by atoms with E-state index in [1.807, 2.05) is 13.8 Å². The molecule has 0 aromatic heterocycles. The van der Waals surface area contributed by atoms with Gasteiger partial charge < -0.3 is 9.47 Å². The van der Waals surface area contributed by atoms with Crippen LogP contribution in [0.3, 0.4) is 0 Å². The summed E-state index contributed by atoms with van der Waals surface area (Å²) in [5.74, 6) is 0.334. The van der Waals surface area contributed by atoms with E-state index in [1.165, 1.54) is 0 Å². The standard InChI is InChI=1S/C12H20O3/c1-4-12(7-5-6-8-12)15-11(13)14-9-10(2)3/h4,10H,1,5-9H2,2-3H3. The zero-order chi connectivity index (χ0) is 11.3. The zero-order valence-corrected chi connectivity index (χ0v) is 9.62. The Morgan fingerprint density at radius 2 is 2.07 bits per heavy atom. The Morgan fingerprint density at radius 1 is 1.47 bits per heavy atom. The van der Waals surface area contributed by atoms with Crippen LogP contribution in [0, 0.1) is 5.92 Å². The van der Waals surface area contributed by atoms with E-state index < -0.39 is 11.8 Å². The van der Waals surface area contributed by atoms with Crippen molar-refractivity contribution in [3.8, 4) is 0 Å². The molecular weight excluding hydrogens is 192 g/mol. The molecule has 1 aliphatic carbocycles. The van der Waals surface area contributed by atoms with Gasteiger partial charge in [-0.15, -0.1) is 0 Å². The molecule has 0 aliphatic heterocycles. The van der Waals surface area contributed by atoms with Gasteiger partial charge >= 0.3 is 6.16 Å². The van der Waals surface area contributed by atoms with Crippen LogP contribution in [0.5, 0.6) is 0 Å². The Hall–Kier alpha value is -0.990. The Balaban J connectivity index is 2.38. The summed E-state index contributed by atoms with van der Waals surface area (Å²) in [6.07, 6.45) is 5.08. The number of carbonyl (C=O) groups excluding carboxylic acids is 1. The molecule has 15 heavy (non-hydrogen) atoms. The zero-order valence-electron chi connectivity index (χ0n) is 9.62. The lowest BCUT2D eigenvalue weighted by Gasteiger charge is -2.24. The molecule has 0 spiro atoms. The molecule has 0 aromatic carbocycles. The van der Waals surface area contributed by atoms with Crippen LogP contribution in [0.15, 0.2) is 12.7 Å². The number of carbonyl (C=O) groups is 1. The molecule has 3 nitrogen and oxygen atoms in total. The number of hydrogen-bond acceptors (Lipinski definition) is 3. The van der Waals surface area contributed by atoms with Crippen LogP contribution < -0.4 is 0 Å². The summed E-state index contributed by atoms with van der Waals surface area (Å²) >= 11 is 0. The van der Waals surface area contributed by atoms with Crippen molar-refractivity contribution in [2.45, 2.75) is 45.1 Å². The minimum absolute atomic E-state index is 0.334. The number of ether oxygens (including phenoxy) is 2. The van der Waals surface area contributed by atoms with E-state index in [9.17, 15) is 4.79 Å². The fourth-order valence-corrected chi connectivity index (χ4v) is 1.75. The van der Waals surface area contributed by atoms with Crippen molar-refractivity contribution in [1.29, 1.82) is 0 Å². The first kappa shape index (κ1) is 12.1. The maximum Gasteiger partial charge on any atom is 0.509 e. The van der Waals surface area contributed by atoms with E-state index in [-0.39, 0.29) is 0 Å². The van der Waals surface area contributed by atoms with Crippen molar-refractivity contribution >= 4 is 6.16 Å². The Bertz CT molecular complexity index is 227. The van der Waals surface area contributed by atoms with Crippen molar-refractivity contribution in [3.63, 3.8) is 0 Å². The van der Waals surface area contributed by atoms with Gasteiger partial charge in [-0.3, -0.25) is 0 Å². The van der Waals surface area contributed by atoms with Crippen LogP contribution in [0.2, 0.25) is 0 Å². The van der Waals surface area contributed by atoms with Crippen molar-refractivity contribution in [1.82, 2.24) is 0 Å². The van der Waals surface area contributed by atoms with Crippen molar-refractivity contribution in [2.24, 2.45) is 5.92 Å². The molecule has 3 heteroatoms. The lowest BCUT2D eigenvalue weighted by molar-refractivity contribution is -0.0115. The molecular formula is C12H20O3. The highest BCUT2D eigenvalue weighted by Gasteiger charge is 2.35. The summed E-state index contributed by atoms with van der Waals surface area (Å²) in [5.41, 5.74) is -0.464. The first-order chi connectivity index (χ1) is 7.08. The quantitative estimate of drug-likeness (QED) is 0.530. The summed E-state index contributed by atoms with van der Waals surface area (Å²) < 4.78 is 10.3. The van der Waals surface area contributed by atoms with Gasteiger partial charge in [0.2, 0.25) is 0 Å². The molecule has 1 rings (SSSR count). The summed E-state index contributed by atoms with van der Waals surface area (Å²) in [5, 5.41) is 0. The van der Waals surface area contributed by atoms with Gasteiger partial charge in [-0.25, -0.2) is 4.79 Å². The van der Waals surface area contributed by atoms with E-state index in [0.29, 0.717) is 12.5 Å². The fourth-order valence-electron chi connectivity index (χ4n) is 1.75. The highest BCUT2D eigenvalue weighted by Crippen LogP contribution is 2.34. The lowest BCUT2D eigenvalue weighted by atomic mass is 10.0. The molecule has 1 fully saturated rings. The van der Waals surface area contributed by atoms with Crippen LogP contribution in [0.1, 0.15) is 39.5 Å². The topological polar surface area (TPSA) is 35.5 Å². The van der Waals surface area contributed by atoms with Crippen LogP contribution >= 0.6 is 0 Å². The van der Waals surface area contributed by atoms with Crippen molar-refractivity contribution in [2.75, 3.05) is 6.61 Å². The normalized spacial score (nSPS) is 18.9. The average Bonchev–Trinajstić information content (AvgIpc) is 2.64. The summed E-state index contributed by atoms with van der Waals surface area (Å²) in [7, 11) is 0. The van der Waals surface area contributed by atoms with Crippen LogP contribution in [-0.2, 0) is 9.47 Å². The highest BCUT2D eigenvalue weighted by atomic mass is 16.7. The van der Waals surface area contributed by atoms with Gasteiger partial charge in [-0.1, -0.05) is 20.4 Å². The predicted molar refractivity (Wildman–Crippen MR) is 58.7 cm³/mol. The molecule has 0 saturated heterocycles. The van der Waals surface area contributed by atoms with E-state index >= 15 is 0 Å². The Labute approximate surface area is 91.4 Å². The molecule has 0 atom stereocenters.